The molecule has 0 radical (unpaired) electrons. The van der Waals surface area contributed by atoms with Gasteiger partial charge in [-0.1, -0.05) is 6.92 Å². The highest BCUT2D eigenvalue weighted by Gasteiger charge is 2.10. The molecule has 0 spiro atoms. The Morgan fingerprint density at radius 3 is 2.45 bits per heavy atom. The van der Waals surface area contributed by atoms with E-state index in [-0.39, 0.29) is 0 Å². The van der Waals surface area contributed by atoms with Crippen molar-refractivity contribution in [2.45, 2.75) is 13.3 Å². The predicted octanol–water partition coefficient (Wildman–Crippen LogP) is 0.630. The first-order valence-corrected chi connectivity index (χ1v) is 4.29. The van der Waals surface area contributed by atoms with Crippen LogP contribution in [0.4, 0.5) is 0 Å². The number of piperazine rings is 1. The van der Waals surface area contributed by atoms with E-state index in [9.17, 15) is 0 Å². The number of nitrogens with zero attached hydrogens (tertiary/aromatic N) is 3. The molecular formula is C8H17N3. The minimum absolute atomic E-state index is 1.03. The molecule has 0 atom stereocenters. The highest BCUT2D eigenvalue weighted by Crippen LogP contribution is 1.98. The second-order valence-corrected chi connectivity index (χ2v) is 2.96. The minimum atomic E-state index is 1.03. The van der Waals surface area contributed by atoms with E-state index in [1.165, 1.54) is 0 Å². The summed E-state index contributed by atoms with van der Waals surface area (Å²) in [6.07, 6.45) is 3.01. The lowest BCUT2D eigenvalue weighted by Gasteiger charge is -2.30. The van der Waals surface area contributed by atoms with Crippen molar-refractivity contribution in [3.8, 4) is 0 Å². The van der Waals surface area contributed by atoms with Crippen LogP contribution < -0.4 is 0 Å². The van der Waals surface area contributed by atoms with Gasteiger partial charge in [-0.2, -0.15) is 5.10 Å². The molecule has 1 aliphatic rings. The lowest BCUT2D eigenvalue weighted by molar-refractivity contribution is 0.159. The summed E-state index contributed by atoms with van der Waals surface area (Å²) >= 11 is 0. The van der Waals surface area contributed by atoms with Crippen molar-refractivity contribution in [2.75, 3.05) is 33.2 Å². The van der Waals surface area contributed by atoms with E-state index in [0.29, 0.717) is 0 Å². The normalized spacial score (nSPS) is 21.5. The molecule has 0 aromatic rings. The van der Waals surface area contributed by atoms with E-state index in [4.69, 9.17) is 0 Å². The monoisotopic (exact) mass is 155 g/mol. The van der Waals surface area contributed by atoms with Gasteiger partial charge in [-0.3, -0.25) is 5.01 Å². The maximum absolute atomic E-state index is 4.32. The number of rotatable bonds is 2. The topological polar surface area (TPSA) is 18.8 Å². The molecule has 0 aromatic heterocycles. The lowest BCUT2D eigenvalue weighted by atomic mass is 10.4. The van der Waals surface area contributed by atoms with Crippen molar-refractivity contribution in [2.24, 2.45) is 5.10 Å². The molecule has 0 amide bonds. The van der Waals surface area contributed by atoms with Crippen molar-refractivity contribution in [1.82, 2.24) is 9.91 Å². The number of hydrogen-bond donors (Lipinski definition) is 0. The van der Waals surface area contributed by atoms with E-state index in [0.717, 1.165) is 32.6 Å². The van der Waals surface area contributed by atoms with Crippen LogP contribution in [0.25, 0.3) is 0 Å². The van der Waals surface area contributed by atoms with Gasteiger partial charge in [0.2, 0.25) is 0 Å². The summed E-state index contributed by atoms with van der Waals surface area (Å²) in [5.74, 6) is 0. The van der Waals surface area contributed by atoms with E-state index >= 15 is 0 Å². The van der Waals surface area contributed by atoms with Crippen LogP contribution in [0, 0.1) is 0 Å². The number of hydrogen-bond acceptors (Lipinski definition) is 3. The molecule has 0 aromatic carbocycles. The van der Waals surface area contributed by atoms with Crippen molar-refractivity contribution >= 4 is 6.21 Å². The smallest absolute Gasteiger partial charge is 0.0488 e. The molecule has 1 fully saturated rings. The van der Waals surface area contributed by atoms with E-state index < -0.39 is 0 Å². The fraction of sp³-hybridized carbons (Fsp3) is 0.875. The zero-order valence-electron chi connectivity index (χ0n) is 7.45. The van der Waals surface area contributed by atoms with Crippen LogP contribution in [-0.4, -0.2) is 49.4 Å². The van der Waals surface area contributed by atoms with Crippen molar-refractivity contribution in [1.29, 1.82) is 0 Å². The summed E-state index contributed by atoms with van der Waals surface area (Å²) in [5, 5.41) is 6.46. The van der Waals surface area contributed by atoms with Crippen molar-refractivity contribution in [3.05, 3.63) is 0 Å². The molecular weight excluding hydrogens is 138 g/mol. The third-order valence-electron chi connectivity index (χ3n) is 1.91. The first-order chi connectivity index (χ1) is 5.33. The highest BCUT2D eigenvalue weighted by molar-refractivity contribution is 5.56. The summed E-state index contributed by atoms with van der Waals surface area (Å²) in [6, 6.07) is 0. The molecule has 1 heterocycles. The molecule has 11 heavy (non-hydrogen) atoms. The van der Waals surface area contributed by atoms with Gasteiger partial charge >= 0.3 is 0 Å². The quantitative estimate of drug-likeness (QED) is 0.545. The van der Waals surface area contributed by atoms with Gasteiger partial charge in [-0.05, 0) is 13.5 Å². The second-order valence-electron chi connectivity index (χ2n) is 2.96. The Morgan fingerprint density at radius 2 is 1.91 bits per heavy atom. The van der Waals surface area contributed by atoms with Gasteiger partial charge < -0.3 is 4.90 Å². The van der Waals surface area contributed by atoms with Crippen LogP contribution >= 0.6 is 0 Å². The molecule has 0 bridgehead atoms. The average Bonchev–Trinajstić information content (AvgIpc) is 2.04. The highest BCUT2D eigenvalue weighted by atomic mass is 15.5. The Morgan fingerprint density at radius 1 is 1.27 bits per heavy atom. The maximum Gasteiger partial charge on any atom is 0.0488 e. The third-order valence-corrected chi connectivity index (χ3v) is 1.91. The minimum Gasteiger partial charge on any atom is -0.303 e. The van der Waals surface area contributed by atoms with Gasteiger partial charge in [0.05, 0.1) is 0 Å². The van der Waals surface area contributed by atoms with Crippen LogP contribution in [0.15, 0.2) is 5.10 Å². The molecule has 0 N–H and O–H groups in total. The predicted molar refractivity (Wildman–Crippen MR) is 47.9 cm³/mol. The largest absolute Gasteiger partial charge is 0.303 e. The summed E-state index contributed by atoms with van der Waals surface area (Å²) < 4.78 is 0. The van der Waals surface area contributed by atoms with Gasteiger partial charge in [-0.15, -0.1) is 0 Å². The fourth-order valence-electron chi connectivity index (χ4n) is 1.11. The Hall–Kier alpha value is -0.570. The standard InChI is InChI=1S/C8H17N3/c1-3-4-9-11-7-5-10(2)6-8-11/h4H,3,5-8H2,1-2H3/b9-4+. The van der Waals surface area contributed by atoms with Crippen LogP contribution in [-0.2, 0) is 0 Å². The van der Waals surface area contributed by atoms with E-state index in [1.54, 1.807) is 0 Å². The molecule has 64 valence electrons. The van der Waals surface area contributed by atoms with Crippen molar-refractivity contribution < 1.29 is 0 Å². The molecule has 1 rings (SSSR count). The third kappa shape index (κ3) is 2.89. The molecule has 0 aliphatic carbocycles. The first-order valence-electron chi connectivity index (χ1n) is 4.29. The zero-order valence-corrected chi connectivity index (χ0v) is 7.45. The molecule has 1 aliphatic heterocycles. The van der Waals surface area contributed by atoms with E-state index in [2.05, 4.69) is 29.0 Å². The molecule has 3 nitrogen and oxygen atoms in total. The molecule has 0 saturated carbocycles. The van der Waals surface area contributed by atoms with Gasteiger partial charge in [0.1, 0.15) is 0 Å². The Kier molecular flexibility index (Phi) is 3.36. The molecule has 1 saturated heterocycles. The fourth-order valence-corrected chi connectivity index (χ4v) is 1.11. The van der Waals surface area contributed by atoms with Crippen molar-refractivity contribution in [3.63, 3.8) is 0 Å². The van der Waals surface area contributed by atoms with Gasteiger partial charge in [-0.25, -0.2) is 0 Å². The molecule has 3 heteroatoms. The summed E-state index contributed by atoms with van der Waals surface area (Å²) in [5.41, 5.74) is 0. The average molecular weight is 155 g/mol. The van der Waals surface area contributed by atoms with Crippen LogP contribution in [0.1, 0.15) is 13.3 Å². The zero-order chi connectivity index (χ0) is 8.10. The second kappa shape index (κ2) is 4.34. The number of likely N-dealkylation sites (N-methyl/N-ethyl adjacent to an activating group) is 1. The number of hydrazone groups is 1. The van der Waals surface area contributed by atoms with Gasteiger partial charge in [0.25, 0.3) is 0 Å². The van der Waals surface area contributed by atoms with Crippen LogP contribution in [0.3, 0.4) is 0 Å². The molecule has 0 unspecified atom stereocenters. The summed E-state index contributed by atoms with van der Waals surface area (Å²) in [7, 11) is 2.15. The van der Waals surface area contributed by atoms with Crippen LogP contribution in [0.5, 0.6) is 0 Å². The SMILES string of the molecule is CC/C=N/N1CCN(C)CC1. The summed E-state index contributed by atoms with van der Waals surface area (Å²) in [4.78, 5) is 2.33. The summed E-state index contributed by atoms with van der Waals surface area (Å²) in [6.45, 7) is 6.54. The van der Waals surface area contributed by atoms with Gasteiger partial charge in [0, 0.05) is 32.4 Å². The Balaban J connectivity index is 2.22. The lowest BCUT2D eigenvalue weighted by Crippen LogP contribution is -2.41. The Bertz CT molecular complexity index is 125. The van der Waals surface area contributed by atoms with Gasteiger partial charge in [0.15, 0.2) is 0 Å². The van der Waals surface area contributed by atoms with E-state index in [1.807, 2.05) is 6.21 Å². The maximum atomic E-state index is 4.32. The first kappa shape index (κ1) is 8.53. The Labute approximate surface area is 68.7 Å². The van der Waals surface area contributed by atoms with Crippen LogP contribution in [0.2, 0.25) is 0 Å².